The fourth-order valence-electron chi connectivity index (χ4n) is 2.66. The first-order chi connectivity index (χ1) is 12.3. The van der Waals surface area contributed by atoms with Gasteiger partial charge in [0.25, 0.3) is 5.56 Å². The Kier molecular flexibility index (Phi) is 5.37. The van der Waals surface area contributed by atoms with Gasteiger partial charge in [0, 0.05) is 0 Å². The van der Waals surface area contributed by atoms with Crippen LogP contribution in [0.1, 0.15) is 26.0 Å². The topological polar surface area (TPSA) is 150 Å². The van der Waals surface area contributed by atoms with Crippen LogP contribution in [0.4, 0.5) is 5.95 Å². The summed E-state index contributed by atoms with van der Waals surface area (Å²) in [4.78, 5) is 42.2. The van der Waals surface area contributed by atoms with Crippen molar-refractivity contribution in [2.75, 3.05) is 12.8 Å². The van der Waals surface area contributed by atoms with Gasteiger partial charge in [0.2, 0.25) is 5.95 Å². The number of aliphatic hydroxyl groups is 1. The molecule has 1 fully saturated rings. The summed E-state index contributed by atoms with van der Waals surface area (Å²) in [7, 11) is 1.27. The number of nitrogen functional groups attached to an aromatic ring is 1. The lowest BCUT2D eigenvalue weighted by Crippen LogP contribution is -2.29. The number of H-pyrrole nitrogens is 1. The van der Waals surface area contributed by atoms with Crippen LogP contribution in [0.2, 0.25) is 0 Å². The van der Waals surface area contributed by atoms with Crippen molar-refractivity contribution in [2.45, 2.75) is 42.8 Å². The summed E-state index contributed by atoms with van der Waals surface area (Å²) in [6.45, 7) is 1.80. The largest absolute Gasteiger partial charge is 0.469 e. The highest BCUT2D eigenvalue weighted by molar-refractivity contribution is 8.00. The summed E-state index contributed by atoms with van der Waals surface area (Å²) in [5.74, 6) is -0.602. The lowest BCUT2D eigenvalue weighted by Gasteiger charge is -2.18. The first-order valence-corrected chi connectivity index (χ1v) is 9.58. The zero-order valence-electron chi connectivity index (χ0n) is 14.0. The summed E-state index contributed by atoms with van der Waals surface area (Å²) in [5, 5.41) is 9.62. The molecular weight excluding hydrogens is 384 g/mol. The van der Waals surface area contributed by atoms with Crippen LogP contribution in [-0.4, -0.2) is 49.5 Å². The highest BCUT2D eigenvalue weighted by Gasteiger charge is 2.42. The van der Waals surface area contributed by atoms with Gasteiger partial charge in [-0.25, -0.2) is 0 Å². The number of thioether (sulfide) groups is 1. The molecule has 0 amide bonds. The van der Waals surface area contributed by atoms with Crippen LogP contribution in [0.15, 0.2) is 9.59 Å². The number of thiazole rings is 1. The van der Waals surface area contributed by atoms with Crippen LogP contribution in [0.5, 0.6) is 0 Å². The van der Waals surface area contributed by atoms with Gasteiger partial charge in [0.15, 0.2) is 11.9 Å². The summed E-state index contributed by atoms with van der Waals surface area (Å²) >= 11 is 1.97. The first-order valence-electron chi connectivity index (χ1n) is 7.82. The normalized spacial score (nSPS) is 24.0. The third-order valence-electron chi connectivity index (χ3n) is 3.97. The van der Waals surface area contributed by atoms with Gasteiger partial charge < -0.3 is 20.3 Å². The monoisotopic (exact) mass is 402 g/mol. The molecule has 2 aromatic rings. The van der Waals surface area contributed by atoms with Gasteiger partial charge in [-0.05, 0) is 6.42 Å². The van der Waals surface area contributed by atoms with Crippen LogP contribution in [-0.2, 0) is 14.3 Å². The van der Waals surface area contributed by atoms with E-state index in [2.05, 4.69) is 9.97 Å². The number of methoxy groups -OCH3 is 1. The van der Waals surface area contributed by atoms with Crippen molar-refractivity contribution in [2.24, 2.45) is 0 Å². The molecule has 12 heteroatoms. The van der Waals surface area contributed by atoms with E-state index in [1.54, 1.807) is 6.92 Å². The summed E-state index contributed by atoms with van der Waals surface area (Å²) < 4.78 is 11.9. The Bertz CT molecular complexity index is 938. The maximum Gasteiger partial charge on any atom is 0.311 e. The lowest BCUT2D eigenvalue weighted by atomic mass is 10.2. The minimum absolute atomic E-state index is 0.0266. The molecule has 26 heavy (non-hydrogen) atoms. The number of esters is 1. The number of aromatic nitrogens is 3. The van der Waals surface area contributed by atoms with Crippen LogP contribution in [0, 0.1) is 0 Å². The van der Waals surface area contributed by atoms with Crippen molar-refractivity contribution in [1.29, 1.82) is 0 Å². The SMILES string of the molecule is CCC(O)[C@@H]1O[C@@H](n2c(=O)sc3c(=O)[nH]c(N)nc32)[C@H](CC(=O)OC)S1. The molecule has 0 aliphatic carbocycles. The highest BCUT2D eigenvalue weighted by Crippen LogP contribution is 2.43. The molecule has 1 saturated heterocycles. The average molecular weight is 402 g/mol. The van der Waals surface area contributed by atoms with E-state index in [1.165, 1.54) is 23.4 Å². The molecule has 0 bridgehead atoms. The number of anilines is 1. The quantitative estimate of drug-likeness (QED) is 0.588. The molecule has 4 atom stereocenters. The fourth-order valence-corrected chi connectivity index (χ4v) is 4.96. The van der Waals surface area contributed by atoms with Crippen LogP contribution in [0.25, 0.3) is 10.3 Å². The minimum Gasteiger partial charge on any atom is -0.469 e. The zero-order valence-corrected chi connectivity index (χ0v) is 15.6. The minimum atomic E-state index is -0.889. The van der Waals surface area contributed by atoms with Crippen molar-refractivity contribution in [3.63, 3.8) is 0 Å². The Morgan fingerprint density at radius 1 is 1.54 bits per heavy atom. The van der Waals surface area contributed by atoms with Crippen LogP contribution >= 0.6 is 23.1 Å². The van der Waals surface area contributed by atoms with E-state index in [1.807, 2.05) is 0 Å². The molecule has 1 aliphatic rings. The molecule has 0 saturated carbocycles. The van der Waals surface area contributed by atoms with E-state index >= 15 is 0 Å². The molecule has 0 aromatic carbocycles. The predicted molar refractivity (Wildman–Crippen MR) is 97.1 cm³/mol. The summed E-state index contributed by atoms with van der Waals surface area (Å²) in [6.07, 6.45) is -1.24. The standard InChI is InChI=1S/C14H18N4O6S2/c1-3-5(19)12-24-11(6(25-12)4-7(20)23-2)18-9-8(26-14(18)22)10(21)17-13(15)16-9/h5-6,11-12,19H,3-4H2,1-2H3,(H3,15,16,17,21)/t5?,6-,11+,12+/m0/s1. The Hall–Kier alpha value is -1.89. The second-order valence-corrected chi connectivity index (χ2v) is 7.97. The molecule has 10 nitrogen and oxygen atoms in total. The number of carbonyl (C=O) groups excluding carboxylic acids is 1. The molecule has 0 spiro atoms. The van der Waals surface area contributed by atoms with Gasteiger partial charge >= 0.3 is 10.8 Å². The molecule has 1 aliphatic heterocycles. The second-order valence-electron chi connectivity index (χ2n) is 5.67. The first kappa shape index (κ1) is 18.9. The molecule has 3 rings (SSSR count). The number of nitrogens with one attached hydrogen (secondary N) is 1. The maximum absolute atomic E-state index is 12.5. The molecule has 3 heterocycles. The van der Waals surface area contributed by atoms with Crippen LogP contribution < -0.4 is 16.2 Å². The van der Waals surface area contributed by atoms with Crippen LogP contribution in [0.3, 0.4) is 0 Å². The van der Waals surface area contributed by atoms with Gasteiger partial charge in [0.05, 0.1) is 24.9 Å². The fraction of sp³-hybridized carbons (Fsp3) is 0.571. The number of ether oxygens (including phenoxy) is 2. The van der Waals surface area contributed by atoms with E-state index in [0.717, 1.165) is 11.3 Å². The third kappa shape index (κ3) is 3.37. The number of rotatable bonds is 5. The molecule has 4 N–H and O–H groups in total. The molecular formula is C14H18N4O6S2. The second kappa shape index (κ2) is 7.39. The molecule has 142 valence electrons. The summed E-state index contributed by atoms with van der Waals surface area (Å²) in [6, 6.07) is 0. The van der Waals surface area contributed by atoms with Gasteiger partial charge in [-0.2, -0.15) is 4.98 Å². The summed E-state index contributed by atoms with van der Waals surface area (Å²) in [5.41, 5.74) is 4.55. The number of hydrogen-bond donors (Lipinski definition) is 3. The Morgan fingerprint density at radius 3 is 2.92 bits per heavy atom. The maximum atomic E-state index is 12.5. The average Bonchev–Trinajstić information content (AvgIpc) is 3.14. The Labute approximate surface area is 155 Å². The Morgan fingerprint density at radius 2 is 2.27 bits per heavy atom. The van der Waals surface area contributed by atoms with Gasteiger partial charge in [0.1, 0.15) is 10.1 Å². The lowest BCUT2D eigenvalue weighted by molar-refractivity contribution is -0.141. The highest BCUT2D eigenvalue weighted by atomic mass is 32.2. The van der Waals surface area contributed by atoms with Gasteiger partial charge in [-0.1, -0.05) is 18.3 Å². The zero-order chi connectivity index (χ0) is 19.0. The van der Waals surface area contributed by atoms with Gasteiger partial charge in [-0.15, -0.1) is 11.8 Å². The van der Waals surface area contributed by atoms with E-state index < -0.39 is 39.4 Å². The number of fused-ring (bicyclic) bond motifs is 1. The van der Waals surface area contributed by atoms with Crippen molar-refractivity contribution in [1.82, 2.24) is 14.5 Å². The molecule has 1 unspecified atom stereocenters. The number of hydrogen-bond acceptors (Lipinski definition) is 10. The van der Waals surface area contributed by atoms with E-state index in [0.29, 0.717) is 6.42 Å². The number of nitrogens with two attached hydrogens (primary N) is 1. The van der Waals surface area contributed by atoms with Crippen molar-refractivity contribution in [3.05, 3.63) is 20.0 Å². The molecule has 0 radical (unpaired) electrons. The Balaban J connectivity index is 2.08. The number of nitrogens with zero attached hydrogens (tertiary/aromatic N) is 2. The predicted octanol–water partition coefficient (Wildman–Crippen LogP) is 0.0192. The number of aliphatic hydroxyl groups excluding tert-OH is 1. The van der Waals surface area contributed by atoms with Crippen molar-refractivity contribution in [3.8, 4) is 0 Å². The van der Waals surface area contributed by atoms with E-state index in [-0.39, 0.29) is 22.7 Å². The van der Waals surface area contributed by atoms with E-state index in [9.17, 15) is 19.5 Å². The molecule has 2 aromatic heterocycles. The number of carbonyl (C=O) groups is 1. The van der Waals surface area contributed by atoms with Gasteiger partial charge in [-0.3, -0.25) is 23.9 Å². The van der Waals surface area contributed by atoms with Crippen molar-refractivity contribution < 1.29 is 19.4 Å². The third-order valence-corrected chi connectivity index (χ3v) is 6.36. The van der Waals surface area contributed by atoms with E-state index in [4.69, 9.17) is 15.2 Å². The smallest absolute Gasteiger partial charge is 0.311 e. The van der Waals surface area contributed by atoms with Crippen molar-refractivity contribution >= 4 is 45.4 Å². The number of aromatic amines is 1.